The van der Waals surface area contributed by atoms with E-state index < -0.39 is 11.1 Å². The topological polar surface area (TPSA) is 69.8 Å². The van der Waals surface area contributed by atoms with Gasteiger partial charge in [-0.25, -0.2) is 0 Å². The summed E-state index contributed by atoms with van der Waals surface area (Å²) in [6, 6.07) is 10.4. The van der Waals surface area contributed by atoms with Crippen molar-refractivity contribution in [3.63, 3.8) is 0 Å². The Morgan fingerprint density at radius 2 is 1.84 bits per heavy atom. The molecule has 3 aromatic rings. The monoisotopic (exact) mass is 418 g/mol. The van der Waals surface area contributed by atoms with Crippen molar-refractivity contribution in [2.75, 3.05) is 0 Å². The maximum Gasteiger partial charge on any atom is 0.316 e. The molecule has 0 unspecified atom stereocenters. The molecule has 0 N–H and O–H groups in total. The molecule has 0 saturated heterocycles. The number of hydrogen-bond donors (Lipinski definition) is 0. The van der Waals surface area contributed by atoms with Crippen molar-refractivity contribution < 1.29 is 0 Å². The van der Waals surface area contributed by atoms with Crippen LogP contribution in [0.25, 0.3) is 0 Å². The molecular weight excluding hydrogens is 404 g/mol. The molecule has 1 aromatic carbocycles. The third kappa shape index (κ3) is 3.23. The third-order valence-corrected chi connectivity index (χ3v) is 5.95. The maximum atomic E-state index is 12.5. The van der Waals surface area contributed by atoms with Crippen LogP contribution >= 0.6 is 27.3 Å². The van der Waals surface area contributed by atoms with Crippen LogP contribution in [-0.2, 0) is 6.54 Å². The van der Waals surface area contributed by atoms with Gasteiger partial charge in [0.25, 0.3) is 0 Å². The van der Waals surface area contributed by atoms with Crippen molar-refractivity contribution in [1.29, 1.82) is 0 Å². The molecule has 1 aliphatic rings. The summed E-state index contributed by atoms with van der Waals surface area (Å²) in [6.45, 7) is 0.259. The highest BCUT2D eigenvalue weighted by Crippen LogP contribution is 2.43. The first-order valence-electron chi connectivity index (χ1n) is 7.96. The smallest absolute Gasteiger partial charge is 0.306 e. The predicted molar refractivity (Wildman–Crippen MR) is 99.1 cm³/mol. The highest BCUT2D eigenvalue weighted by molar-refractivity contribution is 9.11. The zero-order valence-electron chi connectivity index (χ0n) is 13.2. The van der Waals surface area contributed by atoms with Crippen LogP contribution < -0.4 is 11.1 Å². The molecule has 0 radical (unpaired) electrons. The van der Waals surface area contributed by atoms with E-state index in [0.29, 0.717) is 14.8 Å². The first-order valence-corrected chi connectivity index (χ1v) is 9.57. The summed E-state index contributed by atoms with van der Waals surface area (Å²) >= 11 is 4.59. The van der Waals surface area contributed by atoms with E-state index in [4.69, 9.17) is 0 Å². The molecule has 0 aliphatic heterocycles. The van der Waals surface area contributed by atoms with E-state index in [1.54, 1.807) is 17.0 Å². The molecule has 8 heteroatoms. The predicted octanol–water partition coefficient (Wildman–Crippen LogP) is 2.79. The largest absolute Gasteiger partial charge is 0.316 e. The number of hydrogen-bond acceptors (Lipinski definition) is 5. The molecular formula is C17H15BrN4O2S. The van der Waals surface area contributed by atoms with Gasteiger partial charge in [-0.05, 0) is 40.3 Å². The lowest BCUT2D eigenvalue weighted by molar-refractivity contribution is 0.256. The number of aromatic nitrogens is 4. The van der Waals surface area contributed by atoms with Crippen LogP contribution in [0.15, 0.2) is 56.2 Å². The van der Waals surface area contributed by atoms with E-state index in [2.05, 4.69) is 38.3 Å². The number of halogens is 1. The Morgan fingerprint density at radius 1 is 1.08 bits per heavy atom. The Labute approximate surface area is 155 Å². The van der Waals surface area contributed by atoms with Gasteiger partial charge in [-0.2, -0.15) is 0 Å². The Morgan fingerprint density at radius 3 is 2.52 bits per heavy atom. The summed E-state index contributed by atoms with van der Waals surface area (Å²) in [4.78, 5) is 24.8. The lowest BCUT2D eigenvalue weighted by atomic mass is 9.76. The van der Waals surface area contributed by atoms with Gasteiger partial charge in [0, 0.05) is 18.4 Å². The summed E-state index contributed by atoms with van der Waals surface area (Å²) in [5.74, 6) is 0.458. The van der Waals surface area contributed by atoms with E-state index in [0.717, 1.165) is 12.8 Å². The van der Waals surface area contributed by atoms with E-state index in [1.807, 2.05) is 18.2 Å². The van der Waals surface area contributed by atoms with E-state index in [-0.39, 0.29) is 12.6 Å². The number of nitrogens with zero attached hydrogens (tertiary/aromatic N) is 4. The quantitative estimate of drug-likeness (QED) is 0.610. The van der Waals surface area contributed by atoms with Crippen LogP contribution in [0.5, 0.6) is 0 Å². The number of rotatable bonds is 4. The minimum atomic E-state index is -0.517. The second-order valence-electron chi connectivity index (χ2n) is 6.13. The Bertz CT molecular complexity index is 1010. The third-order valence-electron chi connectivity index (χ3n) is 4.61. The van der Waals surface area contributed by atoms with E-state index in [9.17, 15) is 9.59 Å². The average Bonchev–Trinajstić information content (AvgIpc) is 2.99. The molecule has 0 amide bonds. The second kappa shape index (κ2) is 6.68. The van der Waals surface area contributed by atoms with Gasteiger partial charge in [-0.15, -0.1) is 10.2 Å². The summed E-state index contributed by atoms with van der Waals surface area (Å²) in [7, 11) is 0. The van der Waals surface area contributed by atoms with Crippen LogP contribution in [0.4, 0.5) is 0 Å². The summed E-state index contributed by atoms with van der Waals surface area (Å²) in [6.07, 6.45) is 5.15. The minimum absolute atomic E-state index is 0.0933. The van der Waals surface area contributed by atoms with Crippen molar-refractivity contribution in [2.24, 2.45) is 0 Å². The normalized spacial score (nSPS) is 19.6. The van der Waals surface area contributed by atoms with Crippen LogP contribution in [0.2, 0.25) is 0 Å². The van der Waals surface area contributed by atoms with Gasteiger partial charge >= 0.3 is 11.1 Å². The Kier molecular flexibility index (Phi) is 4.39. The van der Waals surface area contributed by atoms with Gasteiger partial charge < -0.3 is 9.13 Å². The highest BCUT2D eigenvalue weighted by atomic mass is 79.9. The Hall–Kier alpha value is -2.06. The van der Waals surface area contributed by atoms with Crippen LogP contribution in [0.1, 0.15) is 35.4 Å². The molecule has 0 spiro atoms. The molecule has 1 aliphatic carbocycles. The zero-order valence-corrected chi connectivity index (χ0v) is 15.6. The summed E-state index contributed by atoms with van der Waals surface area (Å²) in [5.41, 5.74) is 0.307. The van der Waals surface area contributed by atoms with Crippen molar-refractivity contribution >= 4 is 27.3 Å². The molecule has 25 heavy (non-hydrogen) atoms. The van der Waals surface area contributed by atoms with Gasteiger partial charge in [-0.1, -0.05) is 41.7 Å². The lowest BCUT2D eigenvalue weighted by Crippen LogP contribution is -2.44. The zero-order chi connectivity index (χ0) is 17.4. The highest BCUT2D eigenvalue weighted by Gasteiger charge is 2.32. The number of benzene rings is 1. The molecule has 1 saturated carbocycles. The minimum Gasteiger partial charge on any atom is -0.306 e. The van der Waals surface area contributed by atoms with E-state index in [1.165, 1.54) is 21.5 Å². The Balaban J connectivity index is 1.52. The molecule has 1 fully saturated rings. The standard InChI is InChI=1S/C17H15BrN4O2S/c18-17-20-19-14(25-17)10-21-6-7-22(16(24)15(21)23)13-8-12(9-13)11-4-2-1-3-5-11/h1-7,12-13H,8-10H2. The fourth-order valence-corrected chi connectivity index (χ4v) is 4.39. The molecule has 2 heterocycles. The fourth-order valence-electron chi connectivity index (χ4n) is 3.19. The molecule has 4 rings (SSSR count). The maximum absolute atomic E-state index is 12.5. The molecule has 2 aromatic heterocycles. The lowest BCUT2D eigenvalue weighted by Gasteiger charge is -2.36. The molecule has 6 nitrogen and oxygen atoms in total. The van der Waals surface area contributed by atoms with Crippen molar-refractivity contribution in [2.45, 2.75) is 31.3 Å². The average molecular weight is 419 g/mol. The molecule has 0 atom stereocenters. The van der Waals surface area contributed by atoms with Crippen molar-refractivity contribution in [3.8, 4) is 0 Å². The summed E-state index contributed by atoms with van der Waals surface area (Å²) in [5, 5.41) is 8.50. The van der Waals surface area contributed by atoms with Gasteiger partial charge in [0.1, 0.15) is 5.01 Å². The fraction of sp³-hybridized carbons (Fsp3) is 0.294. The van der Waals surface area contributed by atoms with Gasteiger partial charge in [0.05, 0.1) is 6.54 Å². The molecule has 0 bridgehead atoms. The molecule has 128 valence electrons. The second-order valence-corrected chi connectivity index (χ2v) is 8.46. The van der Waals surface area contributed by atoms with Gasteiger partial charge in [0.15, 0.2) is 3.92 Å². The van der Waals surface area contributed by atoms with Crippen LogP contribution in [0, 0.1) is 0 Å². The first-order chi connectivity index (χ1) is 12.1. The SMILES string of the molecule is O=c1c(=O)n(C2CC(c3ccccc3)C2)ccn1Cc1nnc(Br)s1. The summed E-state index contributed by atoms with van der Waals surface area (Å²) < 4.78 is 3.62. The van der Waals surface area contributed by atoms with Crippen molar-refractivity contribution in [1.82, 2.24) is 19.3 Å². The van der Waals surface area contributed by atoms with Gasteiger partial charge in [0.2, 0.25) is 0 Å². The van der Waals surface area contributed by atoms with E-state index >= 15 is 0 Å². The first kappa shape index (κ1) is 16.4. The van der Waals surface area contributed by atoms with Crippen LogP contribution in [-0.4, -0.2) is 19.3 Å². The van der Waals surface area contributed by atoms with Crippen LogP contribution in [0.3, 0.4) is 0 Å². The van der Waals surface area contributed by atoms with Gasteiger partial charge in [-0.3, -0.25) is 9.59 Å². The van der Waals surface area contributed by atoms with Crippen molar-refractivity contribution in [3.05, 3.63) is 77.9 Å².